The zero-order valence-electron chi connectivity index (χ0n) is 18.7. The summed E-state index contributed by atoms with van der Waals surface area (Å²) in [6.45, 7) is -0.172. The van der Waals surface area contributed by atoms with Crippen LogP contribution < -0.4 is 23.8 Å². The fourth-order valence-electron chi connectivity index (χ4n) is 3.11. The molecule has 1 amide bonds. The Morgan fingerprint density at radius 3 is 2.32 bits per heavy atom. The van der Waals surface area contributed by atoms with E-state index in [0.717, 1.165) is 4.31 Å². The van der Waals surface area contributed by atoms with Gasteiger partial charge < -0.3 is 19.5 Å². The summed E-state index contributed by atoms with van der Waals surface area (Å²) in [5.41, 5.74) is 0.174. The summed E-state index contributed by atoms with van der Waals surface area (Å²) in [7, 11) is -1.21. The van der Waals surface area contributed by atoms with Crippen molar-refractivity contribution in [2.45, 2.75) is 4.90 Å². The lowest BCUT2D eigenvalue weighted by Crippen LogP contribution is -2.42. The molecule has 3 rings (SSSR count). The molecule has 0 aliphatic rings. The lowest BCUT2D eigenvalue weighted by Gasteiger charge is -2.26. The molecule has 3 aromatic rings. The van der Waals surface area contributed by atoms with Crippen molar-refractivity contribution in [3.05, 3.63) is 77.8 Å². The molecule has 1 N–H and O–H groups in total. The van der Waals surface area contributed by atoms with Gasteiger partial charge in [0.25, 0.3) is 10.0 Å². The van der Waals surface area contributed by atoms with E-state index in [4.69, 9.17) is 25.8 Å². The summed E-state index contributed by atoms with van der Waals surface area (Å²) in [6.07, 6.45) is 0. The van der Waals surface area contributed by atoms with Gasteiger partial charge in [0, 0.05) is 6.07 Å². The van der Waals surface area contributed by atoms with E-state index in [1.165, 1.54) is 32.4 Å². The van der Waals surface area contributed by atoms with Crippen LogP contribution in [0.15, 0.2) is 77.7 Å². The van der Waals surface area contributed by atoms with Crippen molar-refractivity contribution in [2.75, 3.05) is 38.2 Å². The maximum absolute atomic E-state index is 13.5. The van der Waals surface area contributed by atoms with E-state index in [2.05, 4.69) is 5.32 Å². The maximum Gasteiger partial charge on any atom is 0.264 e. The van der Waals surface area contributed by atoms with Gasteiger partial charge in [-0.3, -0.25) is 9.10 Å². The van der Waals surface area contributed by atoms with E-state index in [1.54, 1.807) is 54.6 Å². The molecule has 0 spiro atoms. The van der Waals surface area contributed by atoms with Gasteiger partial charge in [-0.05, 0) is 36.4 Å². The number of amides is 1. The number of sulfonamides is 1. The highest BCUT2D eigenvalue weighted by Crippen LogP contribution is 2.35. The summed E-state index contributed by atoms with van der Waals surface area (Å²) in [4.78, 5) is 12.8. The Morgan fingerprint density at radius 2 is 1.65 bits per heavy atom. The molecule has 0 unspecified atom stereocenters. The number of halogens is 1. The number of para-hydroxylation sites is 1. The molecule has 0 aromatic heterocycles. The van der Waals surface area contributed by atoms with Gasteiger partial charge in [0.15, 0.2) is 0 Å². The minimum absolute atomic E-state index is 0.0368. The molecule has 34 heavy (non-hydrogen) atoms. The third-order valence-corrected chi connectivity index (χ3v) is 6.88. The van der Waals surface area contributed by atoms with Gasteiger partial charge >= 0.3 is 0 Å². The highest BCUT2D eigenvalue weighted by molar-refractivity contribution is 7.92. The Balaban J connectivity index is 1.81. The monoisotopic (exact) mass is 504 g/mol. The molecule has 0 radical (unpaired) electrons. The van der Waals surface area contributed by atoms with E-state index in [1.807, 2.05) is 0 Å². The van der Waals surface area contributed by atoms with Gasteiger partial charge in [-0.25, -0.2) is 8.42 Å². The number of anilines is 1. The van der Waals surface area contributed by atoms with E-state index < -0.39 is 22.5 Å². The Bertz CT molecular complexity index is 1220. The van der Waals surface area contributed by atoms with E-state index >= 15 is 0 Å². The zero-order valence-corrected chi connectivity index (χ0v) is 20.3. The van der Waals surface area contributed by atoms with Crippen molar-refractivity contribution in [2.24, 2.45) is 0 Å². The van der Waals surface area contributed by atoms with Crippen LogP contribution in [0, 0.1) is 0 Å². The molecule has 0 aliphatic heterocycles. The van der Waals surface area contributed by atoms with Crippen LogP contribution >= 0.6 is 11.6 Å². The number of rotatable bonds is 11. The molecule has 10 heteroatoms. The number of nitrogens with one attached hydrogen (secondary N) is 1. The van der Waals surface area contributed by atoms with Gasteiger partial charge in [-0.2, -0.15) is 0 Å². The van der Waals surface area contributed by atoms with Crippen LogP contribution in [0.1, 0.15) is 0 Å². The minimum Gasteiger partial charge on any atom is -0.497 e. The first-order chi connectivity index (χ1) is 16.4. The summed E-state index contributed by atoms with van der Waals surface area (Å²) in [6, 6.07) is 19.6. The Morgan fingerprint density at radius 1 is 0.941 bits per heavy atom. The third-order valence-electron chi connectivity index (χ3n) is 4.79. The molecule has 0 saturated carbocycles. The number of hydrogen-bond acceptors (Lipinski definition) is 6. The number of carbonyl (C=O) groups excluding carboxylic acids is 1. The lowest BCUT2D eigenvalue weighted by molar-refractivity contribution is -0.119. The number of nitrogens with zero attached hydrogens (tertiary/aromatic N) is 1. The van der Waals surface area contributed by atoms with Crippen molar-refractivity contribution >= 4 is 33.2 Å². The smallest absolute Gasteiger partial charge is 0.264 e. The molecule has 0 atom stereocenters. The standard InChI is InChI=1S/C24H25ClN2O6S/c1-31-18-12-13-23(32-2)21(16-18)27(34(29,30)19-8-4-3-5-9-19)17-24(28)26-14-15-33-22-11-7-6-10-20(22)25/h3-13,16H,14-15,17H2,1-2H3,(H,26,28). The largest absolute Gasteiger partial charge is 0.497 e. The molecule has 0 saturated heterocycles. The van der Waals surface area contributed by atoms with Crippen molar-refractivity contribution in [1.82, 2.24) is 5.32 Å². The molecule has 8 nitrogen and oxygen atoms in total. The predicted octanol–water partition coefficient (Wildman–Crippen LogP) is 3.75. The second kappa shape index (κ2) is 11.6. The summed E-state index contributed by atoms with van der Waals surface area (Å²) in [5, 5.41) is 3.13. The van der Waals surface area contributed by atoms with E-state index in [9.17, 15) is 13.2 Å². The van der Waals surface area contributed by atoms with Crippen LogP contribution in [0.2, 0.25) is 5.02 Å². The van der Waals surface area contributed by atoms with E-state index in [-0.39, 0.29) is 29.5 Å². The van der Waals surface area contributed by atoms with Crippen LogP contribution in [0.3, 0.4) is 0 Å². The number of methoxy groups -OCH3 is 2. The Hall–Kier alpha value is -3.43. The molecular formula is C24H25ClN2O6S. The topological polar surface area (TPSA) is 94.2 Å². The fraction of sp³-hybridized carbons (Fsp3) is 0.208. The SMILES string of the molecule is COc1ccc(OC)c(N(CC(=O)NCCOc2ccccc2Cl)S(=O)(=O)c2ccccc2)c1. The van der Waals surface area contributed by atoms with Crippen LogP contribution in [-0.2, 0) is 14.8 Å². The van der Waals surface area contributed by atoms with Crippen molar-refractivity contribution in [1.29, 1.82) is 0 Å². The number of carbonyl (C=O) groups is 1. The van der Waals surface area contributed by atoms with Gasteiger partial charge in [-0.15, -0.1) is 0 Å². The normalized spacial score (nSPS) is 10.9. The second-order valence-electron chi connectivity index (χ2n) is 6.99. The Labute approximate surface area is 204 Å². The second-order valence-corrected chi connectivity index (χ2v) is 9.26. The molecular weight excluding hydrogens is 480 g/mol. The van der Waals surface area contributed by atoms with Crippen molar-refractivity contribution < 1.29 is 27.4 Å². The number of hydrogen-bond donors (Lipinski definition) is 1. The summed E-state index contributed by atoms with van der Waals surface area (Å²) >= 11 is 6.06. The highest BCUT2D eigenvalue weighted by Gasteiger charge is 2.29. The fourth-order valence-corrected chi connectivity index (χ4v) is 4.75. The van der Waals surface area contributed by atoms with Crippen LogP contribution in [-0.4, -0.2) is 48.2 Å². The Kier molecular flexibility index (Phi) is 8.61. The average molecular weight is 505 g/mol. The van der Waals surface area contributed by atoms with Crippen LogP contribution in [0.25, 0.3) is 0 Å². The van der Waals surface area contributed by atoms with Gasteiger partial charge in [-0.1, -0.05) is 41.9 Å². The average Bonchev–Trinajstić information content (AvgIpc) is 2.86. The molecule has 3 aromatic carbocycles. The quantitative estimate of drug-likeness (QED) is 0.400. The lowest BCUT2D eigenvalue weighted by atomic mass is 10.2. The molecule has 0 fully saturated rings. The van der Waals surface area contributed by atoms with Crippen molar-refractivity contribution in [3.8, 4) is 17.2 Å². The van der Waals surface area contributed by atoms with Crippen LogP contribution in [0.5, 0.6) is 17.2 Å². The summed E-state index contributed by atoms with van der Waals surface area (Å²) < 4.78 is 44.2. The molecule has 0 heterocycles. The first-order valence-electron chi connectivity index (χ1n) is 10.3. The maximum atomic E-state index is 13.5. The van der Waals surface area contributed by atoms with Gasteiger partial charge in [0.05, 0.1) is 36.4 Å². The van der Waals surface area contributed by atoms with Crippen molar-refractivity contribution in [3.63, 3.8) is 0 Å². The number of benzene rings is 3. The minimum atomic E-state index is -4.10. The predicted molar refractivity (Wildman–Crippen MR) is 130 cm³/mol. The molecule has 0 bridgehead atoms. The zero-order chi connectivity index (χ0) is 24.6. The first kappa shape index (κ1) is 25.2. The molecule has 180 valence electrons. The van der Waals surface area contributed by atoms with Gasteiger partial charge in [0.2, 0.25) is 5.91 Å². The van der Waals surface area contributed by atoms with Crippen LogP contribution in [0.4, 0.5) is 5.69 Å². The van der Waals surface area contributed by atoms with E-state index in [0.29, 0.717) is 16.5 Å². The number of ether oxygens (including phenoxy) is 3. The van der Waals surface area contributed by atoms with Gasteiger partial charge in [0.1, 0.15) is 30.4 Å². The first-order valence-corrected chi connectivity index (χ1v) is 12.1. The molecule has 0 aliphatic carbocycles. The highest BCUT2D eigenvalue weighted by atomic mass is 35.5. The third kappa shape index (κ3) is 6.12. The summed E-state index contributed by atoms with van der Waals surface area (Å²) in [5.74, 6) is 0.660.